The minimum absolute atomic E-state index is 0.0122. The Morgan fingerprint density at radius 3 is 2.42 bits per heavy atom. The van der Waals surface area contributed by atoms with Gasteiger partial charge in [0.05, 0.1) is 28.5 Å². The third kappa shape index (κ3) is 5.44. The minimum atomic E-state index is -2.53. The fourth-order valence-electron chi connectivity index (χ4n) is 0.928. The van der Waals surface area contributed by atoms with Crippen molar-refractivity contribution in [2.45, 2.75) is 0 Å². The van der Waals surface area contributed by atoms with E-state index in [9.17, 15) is 5.21 Å². The van der Waals surface area contributed by atoms with Crippen LogP contribution in [0.2, 0.25) is 0 Å². The summed E-state index contributed by atoms with van der Waals surface area (Å²) in [6.45, 7) is 0. The van der Waals surface area contributed by atoms with Gasteiger partial charge in [-0.15, -0.1) is 0 Å². The van der Waals surface area contributed by atoms with Crippen molar-refractivity contribution in [3.8, 4) is 11.5 Å². The van der Waals surface area contributed by atoms with Gasteiger partial charge in [0, 0.05) is 22.0 Å². The van der Waals surface area contributed by atoms with Crippen LogP contribution in [0.3, 0.4) is 0 Å². The highest BCUT2D eigenvalue weighted by Crippen LogP contribution is 2.11. The van der Waals surface area contributed by atoms with Gasteiger partial charge in [0.1, 0.15) is 10.4 Å². The molecule has 0 N–H and O–H groups in total. The first-order valence-electron chi connectivity index (χ1n) is 7.74. The van der Waals surface area contributed by atoms with E-state index >= 15 is 0 Å². The van der Waals surface area contributed by atoms with Gasteiger partial charge in [-0.3, -0.25) is 0 Å². The molecule has 0 fully saturated rings. The Morgan fingerprint density at radius 1 is 1.16 bits per heavy atom. The van der Waals surface area contributed by atoms with Gasteiger partial charge in [-0.05, 0) is 34.1 Å². The second kappa shape index (κ2) is 7.96. The second-order valence-corrected chi connectivity index (χ2v) is 4.66. The Kier molecular flexibility index (Phi) is 3.67. The van der Waals surface area contributed by atoms with Crippen molar-refractivity contribution in [1.29, 1.82) is 0 Å². The van der Waals surface area contributed by atoms with E-state index in [0.717, 1.165) is 6.20 Å². The molecule has 2 rings (SSSR count). The third-order valence-electron chi connectivity index (χ3n) is 1.78. The minimum Gasteiger partial charge on any atom is -0.618 e. The van der Waals surface area contributed by atoms with Crippen molar-refractivity contribution in [2.24, 2.45) is 0 Å². The molecular weight excluding hydrogens is 380 g/mol. The molecule has 2 aromatic rings. The molecule has 2 aromatic heterocycles. The van der Waals surface area contributed by atoms with Gasteiger partial charge in [0.25, 0.3) is 4.60 Å². The van der Waals surface area contributed by atoms with Gasteiger partial charge in [0.2, 0.25) is 6.20 Å². The summed E-state index contributed by atoms with van der Waals surface area (Å²) in [5.74, 6) is 0.247. The number of nitrogens with zero attached hydrogens (tertiary/aromatic N) is 2. The molecule has 19 heavy (non-hydrogen) atoms. The molecule has 102 valence electrons. The quantitative estimate of drug-likeness (QED) is 0.444. The van der Waals surface area contributed by atoms with Crippen molar-refractivity contribution in [3.05, 3.63) is 51.1 Å². The van der Waals surface area contributed by atoms with Gasteiger partial charge in [-0.25, -0.2) is 4.98 Å². The van der Waals surface area contributed by atoms with Crippen molar-refractivity contribution >= 4 is 31.9 Å². The molecule has 0 radical (unpaired) electrons. The van der Waals surface area contributed by atoms with Crippen LogP contribution in [0.25, 0.3) is 0 Å². The zero-order valence-electron chi connectivity index (χ0n) is 15.3. The van der Waals surface area contributed by atoms with E-state index in [-0.39, 0.29) is 11.5 Å². The van der Waals surface area contributed by atoms with Crippen LogP contribution >= 0.6 is 31.9 Å². The zero-order valence-corrected chi connectivity index (χ0v) is 12.5. The van der Waals surface area contributed by atoms with Crippen LogP contribution in [0.1, 0.15) is 8.22 Å². The Labute approximate surface area is 136 Å². The van der Waals surface area contributed by atoms with E-state index in [1.54, 1.807) is 6.07 Å². The largest absolute Gasteiger partial charge is 0.618 e. The predicted octanol–water partition coefficient (Wildman–Crippen LogP) is 2.94. The number of ether oxygens (including phenoxy) is 2. The van der Waals surface area contributed by atoms with Crippen molar-refractivity contribution < 1.29 is 22.4 Å². The third-order valence-corrected chi connectivity index (χ3v) is 2.86. The number of hydrogen-bond donors (Lipinski definition) is 0. The van der Waals surface area contributed by atoms with Crippen LogP contribution in [-0.4, -0.2) is 19.1 Å². The summed E-state index contributed by atoms with van der Waals surface area (Å²) in [5, 5.41) is 10.9. The van der Waals surface area contributed by atoms with E-state index in [4.69, 9.17) is 8.22 Å². The topological polar surface area (TPSA) is 58.3 Å². The van der Waals surface area contributed by atoms with Crippen molar-refractivity contribution in [3.63, 3.8) is 0 Å². The summed E-state index contributed by atoms with van der Waals surface area (Å²) in [5.41, 5.74) is 0. The number of methoxy groups -OCH3 is 2. The maximum Gasteiger partial charge on any atom is 0.259 e. The van der Waals surface area contributed by atoms with Crippen LogP contribution in [0, 0.1) is 5.21 Å². The smallest absolute Gasteiger partial charge is 0.259 e. The Bertz CT molecular complexity index is 695. The lowest BCUT2D eigenvalue weighted by atomic mass is 10.5. The first-order chi connectivity index (χ1) is 11.4. The monoisotopic (exact) mass is 396 g/mol. The van der Waals surface area contributed by atoms with Gasteiger partial charge in [-0.1, -0.05) is 0 Å². The molecule has 0 spiro atoms. The molecule has 5 nitrogen and oxygen atoms in total. The lowest BCUT2D eigenvalue weighted by Crippen LogP contribution is -2.26. The molecule has 0 aliphatic rings. The lowest BCUT2D eigenvalue weighted by molar-refractivity contribution is -0.617. The molecule has 0 aromatic carbocycles. The molecular formula is C12H12Br2N2O3. The van der Waals surface area contributed by atoms with Crippen LogP contribution < -0.4 is 14.2 Å². The number of rotatable bonds is 2. The van der Waals surface area contributed by atoms with Gasteiger partial charge in [0.15, 0.2) is 5.75 Å². The van der Waals surface area contributed by atoms with E-state index in [0.29, 0.717) is 13.9 Å². The average Bonchev–Trinajstić information content (AvgIpc) is 2.43. The zero-order chi connectivity index (χ0) is 19.3. The van der Waals surface area contributed by atoms with E-state index in [2.05, 4.69) is 46.3 Å². The van der Waals surface area contributed by atoms with Crippen molar-refractivity contribution in [1.82, 2.24) is 4.98 Å². The molecule has 0 amide bonds. The van der Waals surface area contributed by atoms with Crippen LogP contribution in [0.15, 0.2) is 45.9 Å². The normalized spacial score (nSPS) is 15.3. The highest BCUT2D eigenvalue weighted by atomic mass is 79.9. The highest BCUT2D eigenvalue weighted by Gasteiger charge is 2.00. The van der Waals surface area contributed by atoms with Crippen molar-refractivity contribution in [2.75, 3.05) is 14.1 Å². The first-order valence-corrected chi connectivity index (χ1v) is 6.33. The maximum atomic E-state index is 10.9. The summed E-state index contributed by atoms with van der Waals surface area (Å²) in [7, 11) is -4.93. The molecule has 0 aliphatic heterocycles. The standard InChI is InChI=1S/C6H6BrNO2.C6H6BrNO/c1-10-5-2-3-6(7)8(9)4-5;1-9-5-2-3-6(7)8-4-5/h2-4H,1H3;2-4H,1H3/i2*1D3. The first kappa shape index (κ1) is 8.76. The van der Waals surface area contributed by atoms with E-state index in [1.807, 2.05) is 0 Å². The molecule has 0 saturated heterocycles. The lowest BCUT2D eigenvalue weighted by Gasteiger charge is -2.00. The van der Waals surface area contributed by atoms with Gasteiger partial charge < -0.3 is 14.7 Å². The van der Waals surface area contributed by atoms with E-state index in [1.165, 1.54) is 24.4 Å². The summed E-state index contributed by atoms with van der Waals surface area (Å²) in [6.07, 6.45) is 2.38. The molecule has 0 unspecified atom stereocenters. The Hall–Kier alpha value is -1.34. The second-order valence-electron chi connectivity index (χ2n) is 3.03. The SMILES string of the molecule is [2H]C([2H])([2H])Oc1ccc(Br)[n+]([O-])c1.[2H]C([2H])([2H])Oc1ccc(Br)nc1. The number of pyridine rings is 2. The summed E-state index contributed by atoms with van der Waals surface area (Å²) < 4.78 is 51.2. The molecule has 0 saturated carbocycles. The average molecular weight is 398 g/mol. The Balaban J connectivity index is 0.000000251. The van der Waals surface area contributed by atoms with Crippen LogP contribution in [0.5, 0.6) is 11.5 Å². The molecule has 0 atom stereocenters. The summed E-state index contributed by atoms with van der Waals surface area (Å²) in [6, 6.07) is 5.95. The number of hydrogen-bond acceptors (Lipinski definition) is 4. The van der Waals surface area contributed by atoms with E-state index < -0.39 is 14.1 Å². The summed E-state index contributed by atoms with van der Waals surface area (Å²) in [4.78, 5) is 3.80. The van der Waals surface area contributed by atoms with Crippen LogP contribution in [0.4, 0.5) is 0 Å². The fraction of sp³-hybridized carbons (Fsp3) is 0.167. The fourth-order valence-corrected chi connectivity index (χ4v) is 1.40. The molecule has 7 heteroatoms. The van der Waals surface area contributed by atoms with Gasteiger partial charge in [-0.2, -0.15) is 4.73 Å². The maximum absolute atomic E-state index is 10.9. The predicted molar refractivity (Wildman–Crippen MR) is 78.1 cm³/mol. The number of aromatic nitrogens is 2. The highest BCUT2D eigenvalue weighted by molar-refractivity contribution is 9.10. The van der Waals surface area contributed by atoms with Gasteiger partial charge >= 0.3 is 0 Å². The van der Waals surface area contributed by atoms with Crippen LogP contribution in [-0.2, 0) is 0 Å². The molecule has 0 aliphatic carbocycles. The molecule has 2 heterocycles. The summed E-state index contributed by atoms with van der Waals surface area (Å²) >= 11 is 6.08. The molecule has 0 bridgehead atoms. The Morgan fingerprint density at radius 2 is 1.84 bits per heavy atom. The number of halogens is 2.